The quantitative estimate of drug-likeness (QED) is 0.517. The molecule has 0 bridgehead atoms. The van der Waals surface area contributed by atoms with E-state index in [0.29, 0.717) is 34.0 Å². The molecule has 4 aromatic rings. The number of halogens is 2. The minimum Gasteiger partial charge on any atom is -0.340 e. The lowest BCUT2D eigenvalue weighted by atomic mass is 10.1. The summed E-state index contributed by atoms with van der Waals surface area (Å²) in [7, 11) is 0. The van der Waals surface area contributed by atoms with Crippen LogP contribution in [-0.2, 0) is 0 Å². The van der Waals surface area contributed by atoms with Crippen molar-refractivity contribution in [2.24, 2.45) is 0 Å². The molecule has 0 aliphatic rings. The van der Waals surface area contributed by atoms with Gasteiger partial charge < -0.3 is 9.84 Å². The standard InChI is InChI=1S/C22H19F2N5O2/c1-12-19(14(3)29(27-12)18-10-8-17(24)9-11-18)21(30)25-13(2)22-26-20(28-31-22)15-4-6-16(23)7-5-15/h4-11,13H,1-3H3,(H,25,30). The van der Waals surface area contributed by atoms with E-state index in [9.17, 15) is 13.6 Å². The summed E-state index contributed by atoms with van der Waals surface area (Å²) in [5.41, 5.74) is 2.81. The van der Waals surface area contributed by atoms with Crippen LogP contribution >= 0.6 is 0 Å². The lowest BCUT2D eigenvalue weighted by molar-refractivity contribution is 0.0931. The van der Waals surface area contributed by atoms with Crippen molar-refractivity contribution >= 4 is 5.91 Å². The van der Waals surface area contributed by atoms with Gasteiger partial charge in [0.15, 0.2) is 0 Å². The molecule has 0 aliphatic carbocycles. The number of rotatable bonds is 5. The van der Waals surface area contributed by atoms with E-state index < -0.39 is 6.04 Å². The fourth-order valence-corrected chi connectivity index (χ4v) is 3.26. The van der Waals surface area contributed by atoms with Gasteiger partial charge in [-0.2, -0.15) is 10.1 Å². The predicted molar refractivity (Wildman–Crippen MR) is 109 cm³/mol. The summed E-state index contributed by atoms with van der Waals surface area (Å²) in [6.45, 7) is 5.21. The van der Waals surface area contributed by atoms with Crippen LogP contribution in [0, 0.1) is 25.5 Å². The van der Waals surface area contributed by atoms with Gasteiger partial charge in [0.25, 0.3) is 5.91 Å². The highest BCUT2D eigenvalue weighted by atomic mass is 19.1. The molecule has 1 amide bonds. The average Bonchev–Trinajstić information content (AvgIpc) is 3.34. The predicted octanol–water partition coefficient (Wildman–Crippen LogP) is 4.31. The highest BCUT2D eigenvalue weighted by molar-refractivity contribution is 5.96. The number of hydrogen-bond donors (Lipinski definition) is 1. The second kappa shape index (κ2) is 8.10. The summed E-state index contributed by atoms with van der Waals surface area (Å²) in [4.78, 5) is 17.2. The summed E-state index contributed by atoms with van der Waals surface area (Å²) in [6.07, 6.45) is 0. The summed E-state index contributed by atoms with van der Waals surface area (Å²) in [6, 6.07) is 11.0. The third-order valence-corrected chi connectivity index (χ3v) is 4.85. The van der Waals surface area contributed by atoms with Crippen molar-refractivity contribution in [3.63, 3.8) is 0 Å². The van der Waals surface area contributed by atoms with Crippen molar-refractivity contribution in [1.29, 1.82) is 0 Å². The van der Waals surface area contributed by atoms with Crippen molar-refractivity contribution in [3.05, 3.63) is 83.0 Å². The molecular weight excluding hydrogens is 404 g/mol. The van der Waals surface area contributed by atoms with Gasteiger partial charge in [0.2, 0.25) is 11.7 Å². The number of aromatic nitrogens is 4. The lowest BCUT2D eigenvalue weighted by Gasteiger charge is -2.10. The Morgan fingerprint density at radius 1 is 1.03 bits per heavy atom. The van der Waals surface area contributed by atoms with Gasteiger partial charge in [-0.05, 0) is 69.3 Å². The summed E-state index contributed by atoms with van der Waals surface area (Å²) < 4.78 is 33.2. The van der Waals surface area contributed by atoms with Gasteiger partial charge in [0, 0.05) is 5.56 Å². The van der Waals surface area contributed by atoms with Crippen LogP contribution in [0.4, 0.5) is 8.78 Å². The maximum atomic E-state index is 13.2. The zero-order chi connectivity index (χ0) is 22.1. The Balaban J connectivity index is 1.53. The van der Waals surface area contributed by atoms with E-state index in [4.69, 9.17) is 4.52 Å². The Morgan fingerprint density at radius 2 is 1.65 bits per heavy atom. The molecule has 2 aromatic carbocycles. The second-order valence-electron chi connectivity index (χ2n) is 7.09. The van der Waals surface area contributed by atoms with Gasteiger partial charge in [-0.1, -0.05) is 5.16 Å². The van der Waals surface area contributed by atoms with Gasteiger partial charge in [-0.3, -0.25) is 4.79 Å². The van der Waals surface area contributed by atoms with E-state index in [-0.39, 0.29) is 23.4 Å². The monoisotopic (exact) mass is 423 g/mol. The van der Waals surface area contributed by atoms with Crippen LogP contribution in [0.2, 0.25) is 0 Å². The van der Waals surface area contributed by atoms with Gasteiger partial charge in [-0.15, -0.1) is 0 Å². The Hall–Kier alpha value is -3.88. The summed E-state index contributed by atoms with van der Waals surface area (Å²) >= 11 is 0. The van der Waals surface area contributed by atoms with Crippen LogP contribution in [0.3, 0.4) is 0 Å². The molecule has 0 radical (unpaired) electrons. The molecule has 1 unspecified atom stereocenters. The Kier molecular flexibility index (Phi) is 5.33. The normalized spacial score (nSPS) is 12.0. The maximum absolute atomic E-state index is 13.2. The lowest BCUT2D eigenvalue weighted by Crippen LogP contribution is -2.27. The first kappa shape index (κ1) is 20.4. The molecule has 7 nitrogen and oxygen atoms in total. The minimum absolute atomic E-state index is 0.217. The van der Waals surface area contributed by atoms with Gasteiger partial charge >= 0.3 is 0 Å². The zero-order valence-electron chi connectivity index (χ0n) is 17.1. The second-order valence-corrected chi connectivity index (χ2v) is 7.09. The topological polar surface area (TPSA) is 85.8 Å². The van der Waals surface area contributed by atoms with Gasteiger partial charge in [0.05, 0.1) is 22.6 Å². The Bertz CT molecular complexity index is 1230. The number of hydrogen-bond acceptors (Lipinski definition) is 5. The highest BCUT2D eigenvalue weighted by Gasteiger charge is 2.23. The van der Waals surface area contributed by atoms with E-state index in [1.165, 1.54) is 24.3 Å². The van der Waals surface area contributed by atoms with Crippen LogP contribution in [0.15, 0.2) is 53.1 Å². The summed E-state index contributed by atoms with van der Waals surface area (Å²) in [5, 5.41) is 11.1. The SMILES string of the molecule is Cc1nn(-c2ccc(F)cc2)c(C)c1C(=O)NC(C)c1nc(-c2ccc(F)cc2)no1. The van der Waals surface area contributed by atoms with Crippen LogP contribution < -0.4 is 5.32 Å². The molecule has 0 saturated carbocycles. The number of aryl methyl sites for hydroxylation is 1. The van der Waals surface area contributed by atoms with E-state index in [1.54, 1.807) is 49.7 Å². The van der Waals surface area contributed by atoms with Crippen molar-refractivity contribution in [1.82, 2.24) is 25.2 Å². The van der Waals surface area contributed by atoms with E-state index in [1.807, 2.05) is 0 Å². The van der Waals surface area contributed by atoms with E-state index in [2.05, 4.69) is 20.6 Å². The molecule has 2 heterocycles. The Morgan fingerprint density at radius 3 is 2.29 bits per heavy atom. The molecule has 4 rings (SSSR count). The van der Waals surface area contributed by atoms with Crippen molar-refractivity contribution in [3.8, 4) is 17.1 Å². The zero-order valence-corrected chi connectivity index (χ0v) is 17.1. The molecule has 1 N–H and O–H groups in total. The first-order valence-corrected chi connectivity index (χ1v) is 9.56. The molecule has 1 atom stereocenters. The largest absolute Gasteiger partial charge is 0.340 e. The van der Waals surface area contributed by atoms with Crippen LogP contribution in [0.1, 0.15) is 40.6 Å². The highest BCUT2D eigenvalue weighted by Crippen LogP contribution is 2.22. The number of amides is 1. The van der Waals surface area contributed by atoms with Crippen LogP contribution in [0.5, 0.6) is 0 Å². The fourth-order valence-electron chi connectivity index (χ4n) is 3.26. The van der Waals surface area contributed by atoms with Crippen molar-refractivity contribution in [2.45, 2.75) is 26.8 Å². The molecular formula is C22H19F2N5O2. The number of carbonyl (C=O) groups excluding carboxylic acids is 1. The molecule has 0 fully saturated rings. The number of nitrogens with zero attached hydrogens (tertiary/aromatic N) is 4. The number of carbonyl (C=O) groups is 1. The van der Waals surface area contributed by atoms with Gasteiger partial charge in [-0.25, -0.2) is 13.5 Å². The van der Waals surface area contributed by atoms with E-state index in [0.717, 1.165) is 0 Å². The third kappa shape index (κ3) is 4.07. The first-order valence-electron chi connectivity index (χ1n) is 9.56. The molecule has 2 aromatic heterocycles. The molecule has 0 spiro atoms. The molecule has 158 valence electrons. The van der Waals surface area contributed by atoms with Gasteiger partial charge in [0.1, 0.15) is 17.7 Å². The smallest absolute Gasteiger partial charge is 0.255 e. The van der Waals surface area contributed by atoms with Crippen LogP contribution in [0.25, 0.3) is 17.1 Å². The fraction of sp³-hybridized carbons (Fsp3) is 0.182. The van der Waals surface area contributed by atoms with Crippen molar-refractivity contribution < 1.29 is 18.1 Å². The minimum atomic E-state index is -0.567. The maximum Gasteiger partial charge on any atom is 0.255 e. The molecule has 31 heavy (non-hydrogen) atoms. The molecule has 0 saturated heterocycles. The number of nitrogens with one attached hydrogen (secondary N) is 1. The summed E-state index contributed by atoms with van der Waals surface area (Å²) in [5.74, 6) is -0.546. The molecule has 9 heteroatoms. The Labute approximate surface area is 176 Å². The third-order valence-electron chi connectivity index (χ3n) is 4.85. The first-order chi connectivity index (χ1) is 14.8. The van der Waals surface area contributed by atoms with E-state index >= 15 is 0 Å². The van der Waals surface area contributed by atoms with Crippen molar-refractivity contribution in [2.75, 3.05) is 0 Å². The average molecular weight is 423 g/mol. The molecule has 0 aliphatic heterocycles. The number of benzene rings is 2. The van der Waals surface area contributed by atoms with Crippen LogP contribution in [-0.4, -0.2) is 25.8 Å².